The summed E-state index contributed by atoms with van der Waals surface area (Å²) in [6.45, 7) is 0. The van der Waals surface area contributed by atoms with Crippen LogP contribution in [0.4, 0.5) is 0 Å². The highest BCUT2D eigenvalue weighted by Crippen LogP contribution is 2.33. The highest BCUT2D eigenvalue weighted by atomic mass is 35.5. The molecular formula is C9H8Cl4. The molecule has 4 heteroatoms. The second-order valence-corrected chi connectivity index (χ2v) is 4.73. The van der Waals surface area contributed by atoms with Crippen LogP contribution in [0.15, 0.2) is 30.3 Å². The number of halogens is 4. The summed E-state index contributed by atoms with van der Waals surface area (Å²) in [5, 5.41) is -0.838. The van der Waals surface area contributed by atoms with Crippen LogP contribution in [0, 0.1) is 0 Å². The van der Waals surface area contributed by atoms with Gasteiger partial charge in [0.05, 0.1) is 10.8 Å². The van der Waals surface area contributed by atoms with Crippen LogP contribution in [0.3, 0.4) is 0 Å². The maximum absolute atomic E-state index is 6.05. The molecule has 0 saturated carbocycles. The second-order valence-electron chi connectivity index (χ2n) is 2.59. The van der Waals surface area contributed by atoms with E-state index in [0.717, 1.165) is 5.56 Å². The van der Waals surface area contributed by atoms with Crippen molar-refractivity contribution in [3.63, 3.8) is 0 Å². The van der Waals surface area contributed by atoms with Crippen molar-refractivity contribution in [2.45, 2.75) is 15.6 Å². The Morgan fingerprint density at radius 3 is 1.85 bits per heavy atom. The minimum atomic E-state index is -0.663. The highest BCUT2D eigenvalue weighted by molar-refractivity contribution is 6.49. The van der Waals surface area contributed by atoms with Crippen LogP contribution in [0.2, 0.25) is 0 Å². The lowest BCUT2D eigenvalue weighted by Gasteiger charge is -2.16. The van der Waals surface area contributed by atoms with Crippen LogP contribution in [0.25, 0.3) is 0 Å². The van der Waals surface area contributed by atoms with Crippen molar-refractivity contribution in [3.8, 4) is 0 Å². The lowest BCUT2D eigenvalue weighted by molar-refractivity contribution is 0.868. The first-order chi connectivity index (χ1) is 6.13. The number of hydrogen-bond acceptors (Lipinski definition) is 0. The number of hydrogen-bond donors (Lipinski definition) is 0. The van der Waals surface area contributed by atoms with E-state index in [4.69, 9.17) is 46.4 Å². The SMILES string of the molecule is ClC(Cl)C(Cl)C(Cl)c1ccccc1. The summed E-state index contributed by atoms with van der Waals surface area (Å²) in [6.07, 6.45) is 0. The molecule has 2 unspecified atom stereocenters. The molecule has 0 aliphatic heterocycles. The van der Waals surface area contributed by atoms with Gasteiger partial charge in [0.25, 0.3) is 0 Å². The van der Waals surface area contributed by atoms with Gasteiger partial charge in [-0.25, -0.2) is 0 Å². The van der Waals surface area contributed by atoms with Crippen molar-refractivity contribution < 1.29 is 0 Å². The molecular weight excluding hydrogens is 250 g/mol. The predicted molar refractivity (Wildman–Crippen MR) is 60.2 cm³/mol. The van der Waals surface area contributed by atoms with Crippen molar-refractivity contribution in [1.82, 2.24) is 0 Å². The molecule has 0 fully saturated rings. The van der Waals surface area contributed by atoms with E-state index in [0.29, 0.717) is 0 Å². The van der Waals surface area contributed by atoms with Crippen LogP contribution < -0.4 is 0 Å². The largest absolute Gasteiger partial charge is 0.125 e. The van der Waals surface area contributed by atoms with Crippen LogP contribution in [-0.2, 0) is 0 Å². The third kappa shape index (κ3) is 3.21. The lowest BCUT2D eigenvalue weighted by Crippen LogP contribution is -2.15. The molecule has 0 saturated heterocycles. The van der Waals surface area contributed by atoms with Crippen LogP contribution in [0.1, 0.15) is 10.9 Å². The topological polar surface area (TPSA) is 0 Å². The quantitative estimate of drug-likeness (QED) is 0.706. The van der Waals surface area contributed by atoms with E-state index in [-0.39, 0.29) is 5.38 Å². The van der Waals surface area contributed by atoms with Crippen molar-refractivity contribution in [2.75, 3.05) is 0 Å². The van der Waals surface area contributed by atoms with E-state index in [1.165, 1.54) is 0 Å². The fourth-order valence-electron chi connectivity index (χ4n) is 0.948. The lowest BCUT2D eigenvalue weighted by atomic mass is 10.1. The predicted octanol–water partition coefficient (Wildman–Crippen LogP) is 4.38. The summed E-state index contributed by atoms with van der Waals surface area (Å²) in [4.78, 5) is -0.663. The van der Waals surface area contributed by atoms with Crippen molar-refractivity contribution in [3.05, 3.63) is 35.9 Å². The monoisotopic (exact) mass is 256 g/mol. The van der Waals surface area contributed by atoms with Gasteiger partial charge in [0, 0.05) is 0 Å². The first-order valence-corrected chi connectivity index (χ1v) is 5.48. The van der Waals surface area contributed by atoms with Gasteiger partial charge in [-0.15, -0.1) is 46.4 Å². The normalized spacial score (nSPS) is 15.8. The molecule has 72 valence electrons. The molecule has 0 N–H and O–H groups in total. The Hall–Kier alpha value is 0.380. The van der Waals surface area contributed by atoms with E-state index < -0.39 is 10.2 Å². The summed E-state index contributed by atoms with van der Waals surface area (Å²) in [5.41, 5.74) is 0.926. The van der Waals surface area contributed by atoms with E-state index >= 15 is 0 Å². The molecule has 0 aromatic heterocycles. The Bertz CT molecular complexity index is 247. The zero-order valence-electron chi connectivity index (χ0n) is 6.63. The number of rotatable bonds is 3. The van der Waals surface area contributed by atoms with Gasteiger partial charge in [-0.2, -0.15) is 0 Å². The maximum Gasteiger partial charge on any atom is 0.125 e. The Morgan fingerprint density at radius 2 is 1.38 bits per heavy atom. The fourth-order valence-corrected chi connectivity index (χ4v) is 1.82. The van der Waals surface area contributed by atoms with Gasteiger partial charge in [-0.05, 0) is 5.56 Å². The molecule has 0 heterocycles. The van der Waals surface area contributed by atoms with Gasteiger partial charge >= 0.3 is 0 Å². The molecule has 0 spiro atoms. The zero-order valence-corrected chi connectivity index (χ0v) is 9.65. The summed E-state index contributed by atoms with van der Waals surface area (Å²) >= 11 is 23.2. The third-order valence-corrected chi connectivity index (χ3v) is 3.60. The maximum atomic E-state index is 6.05. The van der Waals surface area contributed by atoms with Crippen molar-refractivity contribution in [2.24, 2.45) is 0 Å². The Labute approximate surface area is 97.7 Å². The molecule has 0 radical (unpaired) electrons. The van der Waals surface area contributed by atoms with E-state index in [2.05, 4.69) is 0 Å². The Balaban J connectivity index is 2.73. The molecule has 2 atom stereocenters. The molecule has 1 aromatic rings. The van der Waals surface area contributed by atoms with E-state index in [1.807, 2.05) is 30.3 Å². The van der Waals surface area contributed by atoms with Gasteiger partial charge in [0.1, 0.15) is 4.84 Å². The van der Waals surface area contributed by atoms with E-state index in [9.17, 15) is 0 Å². The molecule has 0 bridgehead atoms. The smallest absolute Gasteiger partial charge is 0.118 e. The standard InChI is InChI=1S/C9H8Cl4/c10-7(8(11)9(12)13)6-4-2-1-3-5-6/h1-5,7-9H. The van der Waals surface area contributed by atoms with Crippen molar-refractivity contribution >= 4 is 46.4 Å². The summed E-state index contributed by atoms with van der Waals surface area (Å²) < 4.78 is 0. The Kier molecular flexibility index (Phi) is 4.68. The Morgan fingerprint density at radius 1 is 0.846 bits per heavy atom. The van der Waals surface area contributed by atoms with Crippen LogP contribution >= 0.6 is 46.4 Å². The highest BCUT2D eigenvalue weighted by Gasteiger charge is 2.24. The third-order valence-electron chi connectivity index (χ3n) is 1.64. The summed E-state index contributed by atoms with van der Waals surface area (Å²) in [7, 11) is 0. The minimum absolute atomic E-state index is 0.358. The first kappa shape index (κ1) is 11.5. The molecule has 0 aliphatic rings. The average molecular weight is 258 g/mol. The fraction of sp³-hybridized carbons (Fsp3) is 0.333. The molecule has 1 aromatic carbocycles. The average Bonchev–Trinajstić information content (AvgIpc) is 2.17. The minimum Gasteiger partial charge on any atom is -0.118 e. The first-order valence-electron chi connectivity index (χ1n) is 3.74. The van der Waals surface area contributed by atoms with Crippen molar-refractivity contribution in [1.29, 1.82) is 0 Å². The molecule has 0 nitrogen and oxygen atoms in total. The second kappa shape index (κ2) is 5.31. The summed E-state index contributed by atoms with van der Waals surface area (Å²) in [5.74, 6) is 0. The number of benzene rings is 1. The summed E-state index contributed by atoms with van der Waals surface area (Å²) in [6, 6.07) is 9.49. The van der Waals surface area contributed by atoms with Gasteiger partial charge < -0.3 is 0 Å². The zero-order chi connectivity index (χ0) is 9.84. The van der Waals surface area contributed by atoms with Gasteiger partial charge in [0.2, 0.25) is 0 Å². The molecule has 1 rings (SSSR count). The molecule has 0 amide bonds. The van der Waals surface area contributed by atoms with E-state index in [1.54, 1.807) is 0 Å². The van der Waals surface area contributed by atoms with Gasteiger partial charge in [-0.1, -0.05) is 30.3 Å². The van der Waals surface area contributed by atoms with Gasteiger partial charge in [-0.3, -0.25) is 0 Å². The molecule has 0 aliphatic carbocycles. The van der Waals surface area contributed by atoms with Gasteiger partial charge in [0.15, 0.2) is 0 Å². The molecule has 13 heavy (non-hydrogen) atoms. The number of alkyl halides is 4. The van der Waals surface area contributed by atoms with Crippen LogP contribution in [0.5, 0.6) is 0 Å². The van der Waals surface area contributed by atoms with Crippen LogP contribution in [-0.4, -0.2) is 10.2 Å².